The van der Waals surface area contributed by atoms with E-state index in [1.54, 1.807) is 11.3 Å². The van der Waals surface area contributed by atoms with Gasteiger partial charge in [0.25, 0.3) is 0 Å². The number of nitrogens with one attached hydrogen (secondary N) is 1. The molecule has 2 unspecified atom stereocenters. The van der Waals surface area contributed by atoms with E-state index in [2.05, 4.69) is 41.4 Å². The number of anilines is 1. The van der Waals surface area contributed by atoms with Gasteiger partial charge in [0.2, 0.25) is 5.91 Å². The number of carbonyl (C=O) groups excluding carboxylic acids is 1. The fourth-order valence-electron chi connectivity index (χ4n) is 3.89. The van der Waals surface area contributed by atoms with E-state index in [4.69, 9.17) is 4.98 Å². The molecule has 1 fully saturated rings. The van der Waals surface area contributed by atoms with Gasteiger partial charge >= 0.3 is 0 Å². The van der Waals surface area contributed by atoms with E-state index in [1.165, 1.54) is 10.3 Å². The van der Waals surface area contributed by atoms with Gasteiger partial charge in [-0.15, -0.1) is 11.3 Å². The minimum absolute atomic E-state index is 0.0509. The topological polar surface area (TPSA) is 45.2 Å². The Bertz CT molecular complexity index is 948. The van der Waals surface area contributed by atoms with E-state index in [0.717, 1.165) is 41.2 Å². The number of carbonyl (C=O) groups is 1. The Morgan fingerprint density at radius 1 is 1.26 bits per heavy atom. The second-order valence-electron chi connectivity index (χ2n) is 7.40. The molecule has 1 aliphatic heterocycles. The molecule has 2 atom stereocenters. The molecule has 0 saturated carbocycles. The Morgan fingerprint density at radius 3 is 2.85 bits per heavy atom. The van der Waals surface area contributed by atoms with Crippen molar-refractivity contribution in [3.05, 3.63) is 58.6 Å². The number of hydrogen-bond acceptors (Lipinski definition) is 4. The van der Waals surface area contributed by atoms with Gasteiger partial charge in [0.15, 0.2) is 0 Å². The van der Waals surface area contributed by atoms with Crippen LogP contribution in [-0.4, -0.2) is 28.4 Å². The molecule has 0 aliphatic carbocycles. The van der Waals surface area contributed by atoms with E-state index in [0.29, 0.717) is 0 Å². The number of thiazole rings is 1. The van der Waals surface area contributed by atoms with Gasteiger partial charge in [0, 0.05) is 5.69 Å². The highest BCUT2D eigenvalue weighted by atomic mass is 32.1. The Morgan fingerprint density at radius 2 is 2.07 bits per heavy atom. The van der Waals surface area contributed by atoms with Crippen LogP contribution in [0.15, 0.2) is 42.5 Å². The summed E-state index contributed by atoms with van der Waals surface area (Å²) < 4.78 is 1.21. The molecule has 1 aliphatic rings. The lowest BCUT2D eigenvalue weighted by atomic mass is 10.1. The Kier molecular flexibility index (Phi) is 4.98. The van der Waals surface area contributed by atoms with Crippen molar-refractivity contribution in [1.29, 1.82) is 0 Å². The molecule has 2 heterocycles. The molecule has 0 bridgehead atoms. The second-order valence-corrected chi connectivity index (χ2v) is 8.46. The van der Waals surface area contributed by atoms with Crippen molar-refractivity contribution in [2.24, 2.45) is 0 Å². The lowest BCUT2D eigenvalue weighted by Gasteiger charge is -2.28. The van der Waals surface area contributed by atoms with Gasteiger partial charge in [0.1, 0.15) is 5.01 Å². The van der Waals surface area contributed by atoms with Gasteiger partial charge in [-0.1, -0.05) is 29.8 Å². The maximum absolute atomic E-state index is 12.9. The van der Waals surface area contributed by atoms with Crippen LogP contribution in [0.1, 0.15) is 41.9 Å². The van der Waals surface area contributed by atoms with E-state index >= 15 is 0 Å². The third-order valence-corrected chi connectivity index (χ3v) is 6.54. The number of aromatic nitrogens is 1. The first-order valence-corrected chi connectivity index (χ1v) is 10.3. The molecule has 5 heteroatoms. The first-order chi connectivity index (χ1) is 13.0. The fraction of sp³-hybridized carbons (Fsp3) is 0.364. The maximum atomic E-state index is 12.9. The predicted molar refractivity (Wildman–Crippen MR) is 112 cm³/mol. The number of amides is 1. The van der Waals surface area contributed by atoms with Gasteiger partial charge < -0.3 is 5.32 Å². The lowest BCUT2D eigenvalue weighted by Crippen LogP contribution is -2.41. The summed E-state index contributed by atoms with van der Waals surface area (Å²) in [5.41, 5.74) is 4.25. The van der Waals surface area contributed by atoms with Crippen molar-refractivity contribution >= 4 is 33.1 Å². The second kappa shape index (κ2) is 7.41. The van der Waals surface area contributed by atoms with Crippen LogP contribution in [0.2, 0.25) is 0 Å². The van der Waals surface area contributed by atoms with Gasteiger partial charge in [-0.25, -0.2) is 4.98 Å². The SMILES string of the molecule is Cc1ccc(NC(=O)C(C)N2CCCC2c2nc3ccccc3s2)c(C)c1. The van der Waals surface area contributed by atoms with Gasteiger partial charge in [0.05, 0.1) is 22.3 Å². The summed E-state index contributed by atoms with van der Waals surface area (Å²) in [6.07, 6.45) is 2.16. The van der Waals surface area contributed by atoms with Crippen molar-refractivity contribution in [2.75, 3.05) is 11.9 Å². The van der Waals surface area contributed by atoms with Gasteiger partial charge in [-0.05, 0) is 63.9 Å². The molecular formula is C22H25N3OS. The summed E-state index contributed by atoms with van der Waals surface area (Å²) in [4.78, 5) is 20.1. The summed E-state index contributed by atoms with van der Waals surface area (Å²) in [6.45, 7) is 7.04. The van der Waals surface area contributed by atoms with E-state index < -0.39 is 0 Å². The van der Waals surface area contributed by atoms with Crippen LogP contribution < -0.4 is 5.32 Å². The summed E-state index contributed by atoms with van der Waals surface area (Å²) in [5.74, 6) is 0.0509. The maximum Gasteiger partial charge on any atom is 0.241 e. The van der Waals surface area contributed by atoms with E-state index in [-0.39, 0.29) is 18.0 Å². The number of hydrogen-bond donors (Lipinski definition) is 1. The van der Waals surface area contributed by atoms with Gasteiger partial charge in [-0.2, -0.15) is 0 Å². The number of aryl methyl sites for hydroxylation is 2. The third-order valence-electron chi connectivity index (χ3n) is 5.41. The first kappa shape index (κ1) is 18.1. The average Bonchev–Trinajstić information content (AvgIpc) is 3.29. The number of rotatable bonds is 4. The monoisotopic (exact) mass is 379 g/mol. The molecule has 1 N–H and O–H groups in total. The summed E-state index contributed by atoms with van der Waals surface area (Å²) in [7, 11) is 0. The average molecular weight is 380 g/mol. The Hall–Kier alpha value is -2.24. The van der Waals surface area contributed by atoms with Crippen LogP contribution in [0.4, 0.5) is 5.69 Å². The third kappa shape index (κ3) is 3.62. The molecule has 1 aromatic heterocycles. The van der Waals surface area contributed by atoms with Crippen LogP contribution >= 0.6 is 11.3 Å². The molecule has 1 amide bonds. The smallest absolute Gasteiger partial charge is 0.241 e. The van der Waals surface area contributed by atoms with Crippen molar-refractivity contribution in [2.45, 2.75) is 45.7 Å². The van der Waals surface area contributed by atoms with Crippen LogP contribution in [0.3, 0.4) is 0 Å². The zero-order valence-electron chi connectivity index (χ0n) is 16.0. The van der Waals surface area contributed by atoms with Crippen molar-refractivity contribution in [3.8, 4) is 0 Å². The molecule has 2 aromatic carbocycles. The minimum Gasteiger partial charge on any atom is -0.324 e. The highest BCUT2D eigenvalue weighted by Gasteiger charge is 2.34. The normalized spacial score (nSPS) is 18.7. The molecule has 4 rings (SSSR count). The van der Waals surface area contributed by atoms with Crippen LogP contribution in [0.5, 0.6) is 0 Å². The highest BCUT2D eigenvalue weighted by Crippen LogP contribution is 2.37. The summed E-state index contributed by atoms with van der Waals surface area (Å²) in [5, 5.41) is 4.24. The van der Waals surface area contributed by atoms with Crippen LogP contribution in [0.25, 0.3) is 10.2 Å². The van der Waals surface area contributed by atoms with Crippen LogP contribution in [-0.2, 0) is 4.79 Å². The number of fused-ring (bicyclic) bond motifs is 1. The fourth-order valence-corrected chi connectivity index (χ4v) is 5.02. The van der Waals surface area contributed by atoms with E-state index in [9.17, 15) is 4.79 Å². The van der Waals surface area contributed by atoms with Crippen molar-refractivity contribution < 1.29 is 4.79 Å². The summed E-state index contributed by atoms with van der Waals surface area (Å²) in [6, 6.07) is 14.4. The van der Waals surface area contributed by atoms with Crippen molar-refractivity contribution in [1.82, 2.24) is 9.88 Å². The molecule has 140 valence electrons. The van der Waals surface area contributed by atoms with E-state index in [1.807, 2.05) is 32.0 Å². The molecule has 0 spiro atoms. The minimum atomic E-state index is -0.190. The largest absolute Gasteiger partial charge is 0.324 e. The molecule has 0 radical (unpaired) electrons. The molecule has 27 heavy (non-hydrogen) atoms. The standard InChI is InChI=1S/C22H25N3OS/c1-14-10-11-17(15(2)13-14)23-21(26)16(3)25-12-6-8-19(25)22-24-18-7-4-5-9-20(18)27-22/h4-5,7,9-11,13,16,19H,6,8,12H2,1-3H3,(H,23,26). The number of likely N-dealkylation sites (tertiary alicyclic amines) is 1. The summed E-state index contributed by atoms with van der Waals surface area (Å²) >= 11 is 1.75. The Labute approximate surface area is 164 Å². The molecule has 3 aromatic rings. The number of benzene rings is 2. The van der Waals surface area contributed by atoms with Crippen LogP contribution in [0, 0.1) is 13.8 Å². The lowest BCUT2D eigenvalue weighted by molar-refractivity contribution is -0.121. The zero-order valence-corrected chi connectivity index (χ0v) is 16.8. The molecule has 1 saturated heterocycles. The van der Waals surface area contributed by atoms with Gasteiger partial charge in [-0.3, -0.25) is 9.69 Å². The highest BCUT2D eigenvalue weighted by molar-refractivity contribution is 7.18. The molecule has 4 nitrogen and oxygen atoms in total. The number of nitrogens with zero attached hydrogens (tertiary/aromatic N) is 2. The predicted octanol–water partition coefficient (Wildman–Crippen LogP) is 5.08. The zero-order chi connectivity index (χ0) is 19.0. The molecular weight excluding hydrogens is 354 g/mol. The Balaban J connectivity index is 1.53. The first-order valence-electron chi connectivity index (χ1n) is 9.52. The number of para-hydroxylation sites is 1. The quantitative estimate of drug-likeness (QED) is 0.688. The van der Waals surface area contributed by atoms with Crippen molar-refractivity contribution in [3.63, 3.8) is 0 Å².